The molecule has 1 saturated carbocycles. The molecule has 0 aromatic heterocycles. The molecule has 0 atom stereocenters. The number of ether oxygens (including phenoxy) is 1. The number of rotatable bonds is 4. The summed E-state index contributed by atoms with van der Waals surface area (Å²) >= 11 is 0. The van der Waals surface area contributed by atoms with Gasteiger partial charge < -0.3 is 15.4 Å². The third-order valence-electron chi connectivity index (χ3n) is 5.66. The SMILES string of the molecule is CCNC(=O)OC1=C(c2c(C)cc(C)cc2CC)C(=O)NC12CCCCC2. The standard InChI is InChI=1S/C22H30N2O3/c1-5-16-13-14(3)12-15(4)17(16)18-19(27-21(26)23-6-2)22(24-20(18)25)10-8-7-9-11-22/h12-13H,5-11H2,1-4H3,(H,23,26)(H,24,25). The van der Waals surface area contributed by atoms with Gasteiger partial charge in [-0.2, -0.15) is 0 Å². The van der Waals surface area contributed by atoms with Crippen LogP contribution in [-0.2, 0) is 16.0 Å². The van der Waals surface area contributed by atoms with Gasteiger partial charge in [0.15, 0.2) is 0 Å². The first-order valence-electron chi connectivity index (χ1n) is 10.0. The Morgan fingerprint density at radius 3 is 2.52 bits per heavy atom. The lowest BCUT2D eigenvalue weighted by molar-refractivity contribution is -0.116. The fourth-order valence-corrected chi connectivity index (χ4v) is 4.53. The summed E-state index contributed by atoms with van der Waals surface area (Å²) < 4.78 is 5.81. The van der Waals surface area contributed by atoms with Gasteiger partial charge in [0, 0.05) is 6.54 Å². The van der Waals surface area contributed by atoms with Gasteiger partial charge in [-0.3, -0.25) is 4.79 Å². The van der Waals surface area contributed by atoms with Crippen LogP contribution in [0, 0.1) is 13.8 Å². The minimum atomic E-state index is -0.557. The van der Waals surface area contributed by atoms with Gasteiger partial charge in [-0.15, -0.1) is 0 Å². The Balaban J connectivity index is 2.19. The van der Waals surface area contributed by atoms with Crippen LogP contribution in [-0.4, -0.2) is 24.1 Å². The molecule has 146 valence electrons. The van der Waals surface area contributed by atoms with Crippen molar-refractivity contribution in [2.75, 3.05) is 6.54 Å². The Kier molecular flexibility index (Phi) is 5.59. The molecule has 0 unspecified atom stereocenters. The molecule has 2 amide bonds. The predicted octanol–water partition coefficient (Wildman–Crippen LogP) is 4.16. The fourth-order valence-electron chi connectivity index (χ4n) is 4.53. The van der Waals surface area contributed by atoms with Crippen LogP contribution in [0.5, 0.6) is 0 Å². The second-order valence-electron chi connectivity index (χ2n) is 7.69. The van der Waals surface area contributed by atoms with Crippen LogP contribution >= 0.6 is 0 Å². The summed E-state index contributed by atoms with van der Waals surface area (Å²) in [6.07, 6.45) is 5.12. The van der Waals surface area contributed by atoms with Crippen molar-refractivity contribution < 1.29 is 14.3 Å². The molecule has 1 heterocycles. The van der Waals surface area contributed by atoms with Crippen molar-refractivity contribution in [1.29, 1.82) is 0 Å². The summed E-state index contributed by atoms with van der Waals surface area (Å²) in [6, 6.07) is 4.21. The molecule has 2 N–H and O–H groups in total. The number of carbonyl (C=O) groups excluding carboxylic acids is 2. The molecule has 0 bridgehead atoms. The lowest BCUT2D eigenvalue weighted by atomic mass is 9.80. The summed E-state index contributed by atoms with van der Waals surface area (Å²) in [6.45, 7) is 8.51. The molecule has 2 aliphatic rings. The van der Waals surface area contributed by atoms with Crippen molar-refractivity contribution in [2.24, 2.45) is 0 Å². The van der Waals surface area contributed by atoms with Crippen LogP contribution in [0.15, 0.2) is 17.9 Å². The number of alkyl carbamates (subject to hydrolysis) is 1. The number of carbonyl (C=O) groups is 2. The molecule has 1 aromatic rings. The van der Waals surface area contributed by atoms with Gasteiger partial charge in [-0.05, 0) is 56.7 Å². The Bertz CT molecular complexity index is 789. The van der Waals surface area contributed by atoms with Gasteiger partial charge in [0.1, 0.15) is 5.76 Å². The monoisotopic (exact) mass is 370 g/mol. The number of amides is 2. The predicted molar refractivity (Wildman–Crippen MR) is 106 cm³/mol. The lowest BCUT2D eigenvalue weighted by Gasteiger charge is -2.35. The van der Waals surface area contributed by atoms with Crippen molar-refractivity contribution in [2.45, 2.75) is 71.8 Å². The molecule has 1 spiro atoms. The van der Waals surface area contributed by atoms with E-state index in [1.165, 1.54) is 5.56 Å². The van der Waals surface area contributed by atoms with Crippen LogP contribution in [0.4, 0.5) is 4.79 Å². The minimum absolute atomic E-state index is 0.127. The van der Waals surface area contributed by atoms with Crippen LogP contribution < -0.4 is 10.6 Å². The maximum atomic E-state index is 13.1. The zero-order valence-electron chi connectivity index (χ0n) is 16.8. The van der Waals surface area contributed by atoms with E-state index >= 15 is 0 Å². The number of nitrogens with one attached hydrogen (secondary N) is 2. The second-order valence-corrected chi connectivity index (χ2v) is 7.69. The van der Waals surface area contributed by atoms with Crippen LogP contribution in [0.1, 0.15) is 68.2 Å². The second kappa shape index (κ2) is 7.75. The highest BCUT2D eigenvalue weighted by Gasteiger charge is 2.49. The third kappa shape index (κ3) is 3.60. The normalized spacial score (nSPS) is 18.6. The molecule has 0 radical (unpaired) electrons. The zero-order valence-corrected chi connectivity index (χ0v) is 16.8. The van der Waals surface area contributed by atoms with Gasteiger partial charge in [-0.1, -0.05) is 43.9 Å². The highest BCUT2D eigenvalue weighted by Crippen LogP contribution is 2.44. The maximum Gasteiger partial charge on any atom is 0.412 e. The van der Waals surface area contributed by atoms with Gasteiger partial charge in [-0.25, -0.2) is 4.79 Å². The van der Waals surface area contributed by atoms with Crippen molar-refractivity contribution in [3.05, 3.63) is 40.1 Å². The first-order chi connectivity index (χ1) is 12.9. The summed E-state index contributed by atoms with van der Waals surface area (Å²) in [5.41, 5.74) is 4.23. The minimum Gasteiger partial charge on any atom is -0.411 e. The Labute approximate surface area is 161 Å². The highest BCUT2D eigenvalue weighted by molar-refractivity contribution is 6.24. The van der Waals surface area contributed by atoms with Gasteiger partial charge in [0.25, 0.3) is 5.91 Å². The first kappa shape index (κ1) is 19.5. The van der Waals surface area contributed by atoms with E-state index in [0.717, 1.165) is 55.2 Å². The van der Waals surface area contributed by atoms with Crippen molar-refractivity contribution in [3.63, 3.8) is 0 Å². The number of hydrogen-bond acceptors (Lipinski definition) is 3. The smallest absolute Gasteiger partial charge is 0.411 e. The molecule has 1 aromatic carbocycles. The molecular formula is C22H30N2O3. The molecule has 3 rings (SSSR count). The van der Waals surface area contributed by atoms with Crippen LogP contribution in [0.2, 0.25) is 0 Å². The van der Waals surface area contributed by atoms with Crippen molar-refractivity contribution >= 4 is 17.6 Å². The molecule has 5 nitrogen and oxygen atoms in total. The van der Waals surface area contributed by atoms with Crippen LogP contribution in [0.25, 0.3) is 5.57 Å². The van der Waals surface area contributed by atoms with E-state index in [1.807, 2.05) is 13.8 Å². The number of aryl methyl sites for hydroxylation is 3. The van der Waals surface area contributed by atoms with Crippen LogP contribution in [0.3, 0.4) is 0 Å². The van der Waals surface area contributed by atoms with Crippen molar-refractivity contribution in [1.82, 2.24) is 10.6 Å². The third-order valence-corrected chi connectivity index (χ3v) is 5.66. The molecule has 1 aliphatic heterocycles. The maximum absolute atomic E-state index is 13.1. The molecule has 27 heavy (non-hydrogen) atoms. The summed E-state index contributed by atoms with van der Waals surface area (Å²) in [7, 11) is 0. The van der Waals surface area contributed by atoms with Gasteiger partial charge in [0.05, 0.1) is 11.1 Å². The number of hydrogen-bond donors (Lipinski definition) is 2. The quantitative estimate of drug-likeness (QED) is 0.836. The lowest BCUT2D eigenvalue weighted by Crippen LogP contribution is -2.47. The zero-order chi connectivity index (χ0) is 19.6. The molecule has 0 saturated heterocycles. The van der Waals surface area contributed by atoms with E-state index in [9.17, 15) is 9.59 Å². The fraction of sp³-hybridized carbons (Fsp3) is 0.545. The van der Waals surface area contributed by atoms with E-state index < -0.39 is 11.6 Å². The molecule has 5 heteroatoms. The van der Waals surface area contributed by atoms with E-state index in [4.69, 9.17) is 4.74 Å². The molecule has 1 aliphatic carbocycles. The van der Waals surface area contributed by atoms with E-state index in [0.29, 0.717) is 17.9 Å². The Morgan fingerprint density at radius 1 is 1.19 bits per heavy atom. The molecular weight excluding hydrogens is 340 g/mol. The van der Waals surface area contributed by atoms with E-state index in [2.05, 4.69) is 36.6 Å². The topological polar surface area (TPSA) is 67.4 Å². The average molecular weight is 370 g/mol. The first-order valence-corrected chi connectivity index (χ1v) is 10.0. The van der Waals surface area contributed by atoms with Gasteiger partial charge >= 0.3 is 6.09 Å². The average Bonchev–Trinajstić information content (AvgIpc) is 2.86. The van der Waals surface area contributed by atoms with E-state index in [-0.39, 0.29) is 5.91 Å². The van der Waals surface area contributed by atoms with E-state index in [1.54, 1.807) is 0 Å². The van der Waals surface area contributed by atoms with Gasteiger partial charge in [0.2, 0.25) is 0 Å². The molecule has 1 fully saturated rings. The Hall–Kier alpha value is -2.30. The Morgan fingerprint density at radius 2 is 1.89 bits per heavy atom. The summed E-state index contributed by atoms with van der Waals surface area (Å²) in [5.74, 6) is 0.387. The summed E-state index contributed by atoms with van der Waals surface area (Å²) in [4.78, 5) is 25.4. The largest absolute Gasteiger partial charge is 0.412 e. The van der Waals surface area contributed by atoms with Crippen molar-refractivity contribution in [3.8, 4) is 0 Å². The summed E-state index contributed by atoms with van der Waals surface area (Å²) in [5, 5.41) is 5.89. The number of benzene rings is 1. The highest BCUT2D eigenvalue weighted by atomic mass is 16.6.